The Morgan fingerprint density at radius 3 is 3.00 bits per heavy atom. The highest BCUT2D eigenvalue weighted by Crippen LogP contribution is 2.10. The van der Waals surface area contributed by atoms with Gasteiger partial charge < -0.3 is 4.57 Å². The average molecular weight is 257 g/mol. The summed E-state index contributed by atoms with van der Waals surface area (Å²) in [6.45, 7) is 0.726. The molecule has 0 aliphatic heterocycles. The molecule has 2 heterocycles. The molecule has 86 valence electrons. The molecule has 5 heteroatoms. The van der Waals surface area contributed by atoms with E-state index >= 15 is 0 Å². The first-order valence-electron chi connectivity index (χ1n) is 4.84. The number of aromatic nitrogens is 2. The minimum Gasteiger partial charge on any atom is -0.337 e. The van der Waals surface area contributed by atoms with Crippen molar-refractivity contribution in [3.05, 3.63) is 41.1 Å². The highest BCUT2D eigenvalue weighted by Gasteiger charge is 2.04. The fourth-order valence-corrected chi connectivity index (χ4v) is 2.10. The lowest BCUT2D eigenvalue weighted by Gasteiger charge is -2.00. The molecule has 16 heavy (non-hydrogen) atoms. The number of rotatable bonds is 5. The fraction of sp³-hybridized carbons (Fsp3) is 0.273. The number of carbonyl (C=O) groups excluding carboxylic acids is 1. The monoisotopic (exact) mass is 256 g/mol. The van der Waals surface area contributed by atoms with Crippen LogP contribution in [0.5, 0.6) is 0 Å². The Morgan fingerprint density at radius 1 is 1.50 bits per heavy atom. The van der Waals surface area contributed by atoms with Crippen LogP contribution in [0.4, 0.5) is 0 Å². The number of hydrogen-bond donors (Lipinski definition) is 0. The van der Waals surface area contributed by atoms with Gasteiger partial charge in [-0.3, -0.25) is 4.79 Å². The average Bonchev–Trinajstić information content (AvgIpc) is 2.86. The van der Waals surface area contributed by atoms with E-state index in [1.54, 1.807) is 23.9 Å². The highest BCUT2D eigenvalue weighted by atomic mass is 35.5. The molecular formula is C11H13ClN2OS. The van der Waals surface area contributed by atoms with Crippen LogP contribution in [0.3, 0.4) is 0 Å². The molecule has 0 aliphatic rings. The molecule has 0 N–H and O–H groups in total. The summed E-state index contributed by atoms with van der Waals surface area (Å²) in [5.41, 5.74) is 0. The molecule has 0 aliphatic carbocycles. The summed E-state index contributed by atoms with van der Waals surface area (Å²) < 4.78 is 1.92. The number of thiophene rings is 1. The molecular weight excluding hydrogens is 244 g/mol. The third-order valence-electron chi connectivity index (χ3n) is 2.16. The summed E-state index contributed by atoms with van der Waals surface area (Å²) >= 11 is 1.63. The van der Waals surface area contributed by atoms with E-state index < -0.39 is 0 Å². The van der Waals surface area contributed by atoms with E-state index in [4.69, 9.17) is 0 Å². The number of hydrogen-bond acceptors (Lipinski definition) is 3. The van der Waals surface area contributed by atoms with Crippen LogP contribution in [0, 0.1) is 0 Å². The van der Waals surface area contributed by atoms with Gasteiger partial charge in [-0.15, -0.1) is 23.7 Å². The number of Topliss-reactive ketones (excluding diaryl/α,β-unsaturated/α-hetero) is 1. The van der Waals surface area contributed by atoms with Crippen LogP contribution >= 0.6 is 23.7 Å². The van der Waals surface area contributed by atoms with Crippen molar-refractivity contribution in [2.45, 2.75) is 19.4 Å². The quantitative estimate of drug-likeness (QED) is 0.824. The van der Waals surface area contributed by atoms with Crippen molar-refractivity contribution >= 4 is 29.5 Å². The molecule has 0 saturated carbocycles. The fourth-order valence-electron chi connectivity index (χ4n) is 1.37. The summed E-state index contributed by atoms with van der Waals surface area (Å²) in [7, 11) is 0. The molecule has 0 fully saturated rings. The second-order valence-electron chi connectivity index (χ2n) is 3.35. The second kappa shape index (κ2) is 6.45. The van der Waals surface area contributed by atoms with Gasteiger partial charge in [0.1, 0.15) is 5.78 Å². The van der Waals surface area contributed by atoms with Crippen molar-refractivity contribution in [3.63, 3.8) is 0 Å². The standard InChI is InChI=1S/C11H12N2OS.ClH/c14-10(8-11-2-1-7-15-11)3-5-13-6-4-12-9-13;/h1-2,4,6-7,9H,3,5,8H2;1H. The molecule has 2 aromatic rings. The number of nitrogens with zero attached hydrogens (tertiary/aromatic N) is 2. The van der Waals surface area contributed by atoms with Gasteiger partial charge >= 0.3 is 0 Å². The molecule has 2 rings (SSSR count). The number of imidazole rings is 1. The van der Waals surface area contributed by atoms with Crippen molar-refractivity contribution in [3.8, 4) is 0 Å². The molecule has 0 unspecified atom stereocenters. The van der Waals surface area contributed by atoms with Gasteiger partial charge in [-0.25, -0.2) is 4.98 Å². The molecule has 0 spiro atoms. The van der Waals surface area contributed by atoms with Crippen LogP contribution in [-0.4, -0.2) is 15.3 Å². The number of aryl methyl sites for hydroxylation is 1. The lowest BCUT2D eigenvalue weighted by Crippen LogP contribution is -2.06. The maximum atomic E-state index is 11.6. The zero-order valence-corrected chi connectivity index (χ0v) is 10.3. The maximum Gasteiger partial charge on any atom is 0.139 e. The van der Waals surface area contributed by atoms with Crippen LogP contribution < -0.4 is 0 Å². The zero-order valence-electron chi connectivity index (χ0n) is 8.70. The van der Waals surface area contributed by atoms with E-state index in [9.17, 15) is 4.79 Å². The van der Waals surface area contributed by atoms with E-state index in [-0.39, 0.29) is 18.2 Å². The number of carbonyl (C=O) groups is 1. The minimum atomic E-state index is 0. The van der Waals surface area contributed by atoms with Crippen molar-refractivity contribution in [2.75, 3.05) is 0 Å². The Balaban J connectivity index is 0.00000128. The first kappa shape index (κ1) is 12.9. The van der Waals surface area contributed by atoms with Gasteiger partial charge in [-0.1, -0.05) is 6.07 Å². The van der Waals surface area contributed by atoms with E-state index in [0.717, 1.165) is 11.4 Å². The summed E-state index contributed by atoms with van der Waals surface area (Å²) in [4.78, 5) is 16.7. The second-order valence-corrected chi connectivity index (χ2v) is 4.38. The Kier molecular flexibility index (Phi) is 5.22. The molecule has 0 radical (unpaired) electrons. The van der Waals surface area contributed by atoms with Crippen molar-refractivity contribution < 1.29 is 4.79 Å². The van der Waals surface area contributed by atoms with Crippen LogP contribution in [0.25, 0.3) is 0 Å². The zero-order chi connectivity index (χ0) is 10.5. The third kappa shape index (κ3) is 3.79. The Morgan fingerprint density at radius 2 is 2.38 bits per heavy atom. The normalized spacial score (nSPS) is 9.75. The lowest BCUT2D eigenvalue weighted by atomic mass is 10.2. The van der Waals surface area contributed by atoms with Gasteiger partial charge in [0.25, 0.3) is 0 Å². The molecule has 0 aromatic carbocycles. The number of ketones is 1. The van der Waals surface area contributed by atoms with E-state index in [1.807, 2.05) is 28.3 Å². The van der Waals surface area contributed by atoms with E-state index in [2.05, 4.69) is 4.98 Å². The Hall–Kier alpha value is -1.13. The highest BCUT2D eigenvalue weighted by molar-refractivity contribution is 7.10. The molecule has 0 saturated heterocycles. The van der Waals surface area contributed by atoms with Crippen molar-refractivity contribution in [1.29, 1.82) is 0 Å². The molecule has 0 atom stereocenters. The van der Waals surface area contributed by atoms with Crippen LogP contribution in [0.1, 0.15) is 11.3 Å². The van der Waals surface area contributed by atoms with Gasteiger partial charge in [0, 0.05) is 36.7 Å². The van der Waals surface area contributed by atoms with Gasteiger partial charge in [0.2, 0.25) is 0 Å². The summed E-state index contributed by atoms with van der Waals surface area (Å²) in [5.74, 6) is 0.283. The molecule has 2 aromatic heterocycles. The summed E-state index contributed by atoms with van der Waals surface area (Å²) in [6.07, 6.45) is 6.47. The molecule has 3 nitrogen and oxygen atoms in total. The summed E-state index contributed by atoms with van der Waals surface area (Å²) in [5, 5.41) is 2.00. The predicted octanol–water partition coefficient (Wildman–Crippen LogP) is 2.57. The summed E-state index contributed by atoms with van der Waals surface area (Å²) in [6, 6.07) is 3.98. The van der Waals surface area contributed by atoms with E-state index in [0.29, 0.717) is 12.8 Å². The smallest absolute Gasteiger partial charge is 0.139 e. The topological polar surface area (TPSA) is 34.9 Å². The molecule has 0 amide bonds. The lowest BCUT2D eigenvalue weighted by molar-refractivity contribution is -0.118. The van der Waals surface area contributed by atoms with E-state index in [1.165, 1.54) is 0 Å². The molecule has 0 bridgehead atoms. The van der Waals surface area contributed by atoms with Crippen LogP contribution in [-0.2, 0) is 17.8 Å². The SMILES string of the molecule is Cl.O=C(CCn1ccnc1)Cc1cccs1. The van der Waals surface area contributed by atoms with Gasteiger partial charge in [-0.2, -0.15) is 0 Å². The maximum absolute atomic E-state index is 11.6. The largest absolute Gasteiger partial charge is 0.337 e. The van der Waals surface area contributed by atoms with Crippen molar-refractivity contribution in [2.24, 2.45) is 0 Å². The van der Waals surface area contributed by atoms with Crippen LogP contribution in [0.2, 0.25) is 0 Å². The Bertz CT molecular complexity index is 411. The van der Waals surface area contributed by atoms with Crippen molar-refractivity contribution in [1.82, 2.24) is 9.55 Å². The van der Waals surface area contributed by atoms with Gasteiger partial charge in [-0.05, 0) is 11.4 Å². The van der Waals surface area contributed by atoms with Gasteiger partial charge in [0.15, 0.2) is 0 Å². The predicted molar refractivity (Wildman–Crippen MR) is 67.1 cm³/mol. The number of halogens is 1. The minimum absolute atomic E-state index is 0. The Labute approximate surface area is 105 Å². The first-order chi connectivity index (χ1) is 7.34. The first-order valence-corrected chi connectivity index (χ1v) is 5.72. The van der Waals surface area contributed by atoms with Crippen LogP contribution in [0.15, 0.2) is 36.2 Å². The third-order valence-corrected chi connectivity index (χ3v) is 3.04. The van der Waals surface area contributed by atoms with Gasteiger partial charge in [0.05, 0.1) is 6.33 Å².